The van der Waals surface area contributed by atoms with Crippen molar-refractivity contribution in [1.29, 1.82) is 0 Å². The van der Waals surface area contributed by atoms with Crippen LogP contribution in [0.3, 0.4) is 0 Å². The maximum Gasteiger partial charge on any atom is 0.192 e. The molecule has 9 heavy (non-hydrogen) atoms. The highest BCUT2D eigenvalue weighted by molar-refractivity contribution is 5.05. The van der Waals surface area contributed by atoms with Crippen LogP contribution in [0.25, 0.3) is 0 Å². The van der Waals surface area contributed by atoms with Crippen LogP contribution in [0.1, 0.15) is 0 Å². The summed E-state index contributed by atoms with van der Waals surface area (Å²) in [6.07, 6.45) is 4.96. The third-order valence-corrected chi connectivity index (χ3v) is 1.18. The summed E-state index contributed by atoms with van der Waals surface area (Å²) >= 11 is 0. The summed E-state index contributed by atoms with van der Waals surface area (Å²) in [5.74, 6) is 0.775. The van der Waals surface area contributed by atoms with Crippen molar-refractivity contribution in [3.63, 3.8) is 0 Å². The largest absolute Gasteiger partial charge is 0.467 e. The van der Waals surface area contributed by atoms with E-state index in [0.717, 1.165) is 5.82 Å². The number of hydrogen-bond donors (Lipinski definition) is 0. The van der Waals surface area contributed by atoms with Crippen molar-refractivity contribution >= 4 is 0 Å². The molecule has 0 N–H and O–H groups in total. The lowest BCUT2D eigenvalue weighted by atomic mass is 10.6. The van der Waals surface area contributed by atoms with Gasteiger partial charge in [0, 0.05) is 6.20 Å². The Bertz CT molecular complexity index is 206. The first-order chi connectivity index (χ1) is 4.47. The molecule has 4 heteroatoms. The molecule has 0 aromatic rings. The highest BCUT2D eigenvalue weighted by Gasteiger charge is 2.13. The zero-order valence-corrected chi connectivity index (χ0v) is 4.69. The van der Waals surface area contributed by atoms with Gasteiger partial charge in [-0.25, -0.2) is 0 Å². The van der Waals surface area contributed by atoms with Gasteiger partial charge in [-0.1, -0.05) is 0 Å². The number of ether oxygens (including phenoxy) is 1. The van der Waals surface area contributed by atoms with Crippen LogP contribution in [-0.2, 0) is 4.74 Å². The molecule has 0 aromatic heterocycles. The van der Waals surface area contributed by atoms with Crippen molar-refractivity contribution in [3.8, 4) is 0 Å². The van der Waals surface area contributed by atoms with Gasteiger partial charge in [0.1, 0.15) is 19.2 Å². The molecule has 2 aliphatic heterocycles. The average molecular weight is 123 g/mol. The second kappa shape index (κ2) is 1.58. The Hall–Kier alpha value is -1.32. The smallest absolute Gasteiger partial charge is 0.192 e. The monoisotopic (exact) mass is 123 g/mol. The van der Waals surface area contributed by atoms with E-state index >= 15 is 0 Å². The summed E-state index contributed by atoms with van der Waals surface area (Å²) in [5.41, 5.74) is 0. The summed E-state index contributed by atoms with van der Waals surface area (Å²) in [6, 6.07) is 0. The van der Waals surface area contributed by atoms with E-state index in [4.69, 9.17) is 4.74 Å². The molecule has 4 nitrogen and oxygen atoms in total. The van der Waals surface area contributed by atoms with E-state index in [1.165, 1.54) is 0 Å². The fourth-order valence-corrected chi connectivity index (χ4v) is 0.726. The molecule has 0 saturated carbocycles. The van der Waals surface area contributed by atoms with Gasteiger partial charge in [0.15, 0.2) is 5.82 Å². The summed E-state index contributed by atoms with van der Waals surface area (Å²) in [5, 5.41) is 7.57. The van der Waals surface area contributed by atoms with Gasteiger partial charge in [-0.15, -0.1) is 5.11 Å². The van der Waals surface area contributed by atoms with Crippen LogP contribution >= 0.6 is 0 Å². The van der Waals surface area contributed by atoms with Crippen LogP contribution in [0.2, 0.25) is 0 Å². The SMILES string of the molecule is C1=CN2CN=NC2=CO1. The van der Waals surface area contributed by atoms with Crippen molar-refractivity contribution in [3.05, 3.63) is 24.5 Å². The summed E-state index contributed by atoms with van der Waals surface area (Å²) in [7, 11) is 0. The molecule has 0 aliphatic carbocycles. The Morgan fingerprint density at radius 2 is 2.67 bits per heavy atom. The highest BCUT2D eigenvalue weighted by atomic mass is 16.5. The van der Waals surface area contributed by atoms with Crippen LogP contribution < -0.4 is 0 Å². The molecule has 0 atom stereocenters. The molecule has 0 aromatic carbocycles. The summed E-state index contributed by atoms with van der Waals surface area (Å²) in [6.45, 7) is 0.617. The maximum absolute atomic E-state index is 4.85. The van der Waals surface area contributed by atoms with Gasteiger partial charge in [0.05, 0.1) is 0 Å². The molecular formula is C5H5N3O. The number of nitrogens with zero attached hydrogens (tertiary/aromatic N) is 3. The zero-order valence-electron chi connectivity index (χ0n) is 4.69. The number of rotatable bonds is 0. The molecule has 0 fully saturated rings. The Morgan fingerprint density at radius 1 is 1.67 bits per heavy atom. The quantitative estimate of drug-likeness (QED) is 0.482. The molecule has 46 valence electrons. The van der Waals surface area contributed by atoms with Crippen LogP contribution in [0.4, 0.5) is 0 Å². The summed E-state index contributed by atoms with van der Waals surface area (Å²) < 4.78 is 4.85. The lowest BCUT2D eigenvalue weighted by Crippen LogP contribution is -2.12. The second-order valence-electron chi connectivity index (χ2n) is 1.75. The minimum absolute atomic E-state index is 0.617. The van der Waals surface area contributed by atoms with Crippen molar-refractivity contribution in [2.24, 2.45) is 10.2 Å². The fraction of sp³-hybridized carbons (Fsp3) is 0.200. The molecule has 0 unspecified atom stereocenters. The van der Waals surface area contributed by atoms with Crippen molar-refractivity contribution in [2.45, 2.75) is 0 Å². The van der Waals surface area contributed by atoms with Crippen molar-refractivity contribution in [2.75, 3.05) is 6.67 Å². The van der Waals surface area contributed by atoms with Crippen LogP contribution in [0, 0.1) is 0 Å². The first-order valence-corrected chi connectivity index (χ1v) is 2.63. The van der Waals surface area contributed by atoms with E-state index in [-0.39, 0.29) is 0 Å². The van der Waals surface area contributed by atoms with E-state index in [2.05, 4.69) is 10.2 Å². The predicted molar refractivity (Wildman–Crippen MR) is 29.9 cm³/mol. The molecule has 2 aliphatic rings. The highest BCUT2D eigenvalue weighted by Crippen LogP contribution is 2.17. The Labute approximate surface area is 52.1 Å². The molecular weight excluding hydrogens is 118 g/mol. The topological polar surface area (TPSA) is 37.2 Å². The lowest BCUT2D eigenvalue weighted by molar-refractivity contribution is 0.339. The third-order valence-electron chi connectivity index (χ3n) is 1.18. The van der Waals surface area contributed by atoms with E-state index in [1.807, 2.05) is 4.90 Å². The van der Waals surface area contributed by atoms with E-state index in [1.54, 1.807) is 18.7 Å². The van der Waals surface area contributed by atoms with Gasteiger partial charge in [0.2, 0.25) is 0 Å². The van der Waals surface area contributed by atoms with Gasteiger partial charge in [0.25, 0.3) is 0 Å². The van der Waals surface area contributed by atoms with E-state index < -0.39 is 0 Å². The van der Waals surface area contributed by atoms with Gasteiger partial charge in [-0.05, 0) is 0 Å². The molecule has 2 rings (SSSR count). The van der Waals surface area contributed by atoms with Gasteiger partial charge in [-0.2, -0.15) is 5.11 Å². The van der Waals surface area contributed by atoms with Crippen molar-refractivity contribution in [1.82, 2.24) is 4.90 Å². The molecule has 0 spiro atoms. The van der Waals surface area contributed by atoms with Gasteiger partial charge < -0.3 is 9.64 Å². The van der Waals surface area contributed by atoms with Crippen LogP contribution in [0.5, 0.6) is 0 Å². The number of hydrogen-bond acceptors (Lipinski definition) is 4. The van der Waals surface area contributed by atoms with Crippen LogP contribution in [0.15, 0.2) is 34.8 Å². The minimum atomic E-state index is 0.617. The first-order valence-electron chi connectivity index (χ1n) is 2.63. The first kappa shape index (κ1) is 4.55. The maximum atomic E-state index is 4.85. The molecule has 2 heterocycles. The number of azo groups is 1. The number of fused-ring (bicyclic) bond motifs is 1. The molecule has 0 saturated heterocycles. The Morgan fingerprint density at radius 3 is 3.56 bits per heavy atom. The van der Waals surface area contributed by atoms with E-state index in [9.17, 15) is 0 Å². The average Bonchev–Trinajstić information content (AvgIpc) is 2.33. The Kier molecular flexibility index (Phi) is 0.798. The van der Waals surface area contributed by atoms with Crippen LogP contribution in [-0.4, -0.2) is 11.6 Å². The zero-order chi connectivity index (χ0) is 6.10. The molecule has 0 amide bonds. The minimum Gasteiger partial charge on any atom is -0.467 e. The fourth-order valence-electron chi connectivity index (χ4n) is 0.726. The van der Waals surface area contributed by atoms with Crippen molar-refractivity contribution < 1.29 is 4.74 Å². The van der Waals surface area contributed by atoms with E-state index in [0.29, 0.717) is 6.67 Å². The Balaban J connectivity index is 2.29. The second-order valence-corrected chi connectivity index (χ2v) is 1.75. The predicted octanol–water partition coefficient (Wildman–Crippen LogP) is 1.01. The van der Waals surface area contributed by atoms with Gasteiger partial charge in [-0.3, -0.25) is 0 Å². The van der Waals surface area contributed by atoms with Gasteiger partial charge >= 0.3 is 0 Å². The standard InChI is InChI=1S/C5H5N3O/c1-2-9-3-5-7-6-4-8(1)5/h1-3H,4H2. The normalized spacial score (nSPS) is 21.3. The third kappa shape index (κ3) is 0.595. The molecule has 0 radical (unpaired) electrons. The molecule has 0 bridgehead atoms. The summed E-state index contributed by atoms with van der Waals surface area (Å²) in [4.78, 5) is 1.89. The lowest BCUT2D eigenvalue weighted by Gasteiger charge is -2.12.